The normalized spacial score (nSPS) is 12.1. The molecule has 1 aliphatic heterocycles. The summed E-state index contributed by atoms with van der Waals surface area (Å²) in [4.78, 5) is 26.4. The van der Waals surface area contributed by atoms with Crippen LogP contribution in [0, 0.1) is 5.82 Å². The summed E-state index contributed by atoms with van der Waals surface area (Å²) in [6.45, 7) is 1.10. The summed E-state index contributed by atoms with van der Waals surface area (Å²) in [5, 5.41) is 9.47. The lowest BCUT2D eigenvalue weighted by Crippen LogP contribution is -2.19. The number of nitrogens with two attached hydrogens (primary N) is 1. The lowest BCUT2D eigenvalue weighted by atomic mass is 9.94. The van der Waals surface area contributed by atoms with Crippen molar-refractivity contribution in [3.63, 3.8) is 0 Å². The minimum absolute atomic E-state index is 0.232. The summed E-state index contributed by atoms with van der Waals surface area (Å²) >= 11 is 6.41. The van der Waals surface area contributed by atoms with Crippen LogP contribution in [0.2, 0.25) is 5.02 Å². The topological polar surface area (TPSA) is 117 Å². The van der Waals surface area contributed by atoms with Crippen molar-refractivity contribution in [3.05, 3.63) is 100.0 Å². The molecule has 3 aromatic carbocycles. The molecule has 0 unspecified atom stereocenters. The molecular weight excluding hydrogens is 505 g/mol. The lowest BCUT2D eigenvalue weighted by molar-refractivity contribution is 0.0964. The minimum Gasteiger partial charge on any atom is -0.383 e. The van der Waals surface area contributed by atoms with E-state index in [-0.39, 0.29) is 12.5 Å². The first kappa shape index (κ1) is 25.3. The predicted molar refractivity (Wildman–Crippen MR) is 149 cm³/mol. The van der Waals surface area contributed by atoms with Gasteiger partial charge in [0.1, 0.15) is 5.82 Å². The van der Waals surface area contributed by atoms with Gasteiger partial charge in [0.25, 0.3) is 5.91 Å². The van der Waals surface area contributed by atoms with E-state index < -0.39 is 5.82 Å². The Morgan fingerprint density at radius 1 is 1.08 bits per heavy atom. The SMILES string of the molecule is CNC(=O)c1ccccc1Nc1ncc2c(n1)-c1ccc(Cl)cc1C(c1c(F)cccc1NCCN)=NC2. The number of aliphatic imine (C=N–C) groups is 1. The third-order valence-electron chi connectivity index (χ3n) is 6.12. The molecule has 0 spiro atoms. The minimum atomic E-state index is -0.415. The van der Waals surface area contributed by atoms with Crippen LogP contribution >= 0.6 is 11.6 Å². The van der Waals surface area contributed by atoms with Gasteiger partial charge in [-0.2, -0.15) is 0 Å². The second-order valence-electron chi connectivity index (χ2n) is 8.55. The maximum atomic E-state index is 15.3. The van der Waals surface area contributed by atoms with Crippen molar-refractivity contribution in [2.24, 2.45) is 10.7 Å². The Kier molecular flexibility index (Phi) is 7.30. The van der Waals surface area contributed by atoms with Crippen LogP contribution in [0.5, 0.6) is 0 Å². The van der Waals surface area contributed by atoms with Crippen molar-refractivity contribution in [1.29, 1.82) is 0 Å². The highest BCUT2D eigenvalue weighted by atomic mass is 35.5. The van der Waals surface area contributed by atoms with Crippen molar-refractivity contribution in [2.75, 3.05) is 30.8 Å². The second-order valence-corrected chi connectivity index (χ2v) is 8.99. The predicted octanol–water partition coefficient (Wildman–Crippen LogP) is 4.76. The number of fused-ring (bicyclic) bond motifs is 3. The molecule has 2 heterocycles. The van der Waals surface area contributed by atoms with Gasteiger partial charge in [-0.1, -0.05) is 35.9 Å². The van der Waals surface area contributed by atoms with Crippen molar-refractivity contribution >= 4 is 40.5 Å². The molecule has 4 aromatic rings. The molecule has 1 amide bonds. The maximum absolute atomic E-state index is 15.3. The van der Waals surface area contributed by atoms with Crippen LogP contribution in [0.4, 0.5) is 21.7 Å². The highest BCUT2D eigenvalue weighted by Gasteiger charge is 2.25. The van der Waals surface area contributed by atoms with Gasteiger partial charge >= 0.3 is 0 Å². The number of hydrogen-bond donors (Lipinski definition) is 4. The number of amides is 1. The highest BCUT2D eigenvalue weighted by molar-refractivity contribution is 6.32. The smallest absolute Gasteiger partial charge is 0.253 e. The molecule has 5 N–H and O–H groups in total. The molecule has 1 aliphatic rings. The number of carbonyl (C=O) groups is 1. The molecule has 0 saturated carbocycles. The zero-order valence-electron chi connectivity index (χ0n) is 20.6. The quantitative estimate of drug-likeness (QED) is 0.274. The summed E-state index contributed by atoms with van der Waals surface area (Å²) in [7, 11) is 1.57. The van der Waals surface area contributed by atoms with Gasteiger partial charge in [0, 0.05) is 53.7 Å². The third kappa shape index (κ3) is 4.93. The molecule has 0 fully saturated rings. The van der Waals surface area contributed by atoms with E-state index in [9.17, 15) is 4.79 Å². The van der Waals surface area contributed by atoms with Gasteiger partial charge in [0.15, 0.2) is 0 Å². The monoisotopic (exact) mass is 529 g/mol. The molecule has 0 atom stereocenters. The van der Waals surface area contributed by atoms with E-state index in [1.165, 1.54) is 6.07 Å². The summed E-state index contributed by atoms with van der Waals surface area (Å²) in [6.07, 6.45) is 1.69. The van der Waals surface area contributed by atoms with Gasteiger partial charge in [-0.3, -0.25) is 9.79 Å². The van der Waals surface area contributed by atoms with Crippen LogP contribution in [0.25, 0.3) is 11.3 Å². The number of aromatic nitrogens is 2. The lowest BCUT2D eigenvalue weighted by Gasteiger charge is -2.16. The number of nitrogens with one attached hydrogen (secondary N) is 3. The molecular formula is C28H25ClFN7O. The average molecular weight is 530 g/mol. The Labute approximate surface area is 224 Å². The fourth-order valence-electron chi connectivity index (χ4n) is 4.36. The molecule has 10 heteroatoms. The summed E-state index contributed by atoms with van der Waals surface area (Å²) in [5.41, 5.74) is 10.9. The van der Waals surface area contributed by atoms with Gasteiger partial charge in [-0.05, 0) is 36.4 Å². The molecule has 5 rings (SSSR count). The molecule has 0 radical (unpaired) electrons. The van der Waals surface area contributed by atoms with Crippen LogP contribution in [-0.2, 0) is 6.54 Å². The molecule has 192 valence electrons. The van der Waals surface area contributed by atoms with Crippen LogP contribution in [0.15, 0.2) is 71.9 Å². The van der Waals surface area contributed by atoms with Crippen molar-refractivity contribution in [2.45, 2.75) is 6.54 Å². The Bertz CT molecular complexity index is 1560. The summed E-state index contributed by atoms with van der Waals surface area (Å²) in [5.74, 6) is -0.340. The van der Waals surface area contributed by atoms with Crippen LogP contribution in [0.3, 0.4) is 0 Å². The van der Waals surface area contributed by atoms with Crippen molar-refractivity contribution in [3.8, 4) is 11.3 Å². The summed E-state index contributed by atoms with van der Waals surface area (Å²) in [6, 6.07) is 17.3. The second kappa shape index (κ2) is 11.0. The molecule has 0 saturated heterocycles. The fourth-order valence-corrected chi connectivity index (χ4v) is 4.53. The van der Waals surface area contributed by atoms with Gasteiger partial charge in [0.2, 0.25) is 5.95 Å². The van der Waals surface area contributed by atoms with E-state index in [1.807, 2.05) is 12.1 Å². The third-order valence-corrected chi connectivity index (χ3v) is 6.35. The standard InChI is InChI=1S/C28H25ClFN7O/c1-32-27(38)19-5-2-3-7-22(19)36-28-35-15-16-14-34-26(20-13-17(29)9-10-18(20)25(16)37-28)24-21(30)6-4-8-23(24)33-12-11-31/h2-10,13,15,33H,11-12,14,31H2,1H3,(H,32,38)(H,35,36,37). The number of nitrogens with zero attached hydrogens (tertiary/aromatic N) is 3. The Morgan fingerprint density at radius 2 is 1.89 bits per heavy atom. The summed E-state index contributed by atoms with van der Waals surface area (Å²) < 4.78 is 15.3. The largest absolute Gasteiger partial charge is 0.383 e. The highest BCUT2D eigenvalue weighted by Crippen LogP contribution is 2.36. The van der Waals surface area contributed by atoms with Crippen LogP contribution in [0.1, 0.15) is 27.0 Å². The molecule has 8 nitrogen and oxygen atoms in total. The van der Waals surface area contributed by atoms with E-state index in [1.54, 1.807) is 55.7 Å². The zero-order chi connectivity index (χ0) is 26.6. The van der Waals surface area contributed by atoms with E-state index in [0.717, 1.165) is 11.1 Å². The van der Waals surface area contributed by atoms with E-state index in [4.69, 9.17) is 27.3 Å². The molecule has 1 aromatic heterocycles. The van der Waals surface area contributed by atoms with Gasteiger partial charge in [-0.15, -0.1) is 0 Å². The first-order valence-corrected chi connectivity index (χ1v) is 12.4. The van der Waals surface area contributed by atoms with Gasteiger partial charge < -0.3 is 21.7 Å². The van der Waals surface area contributed by atoms with E-state index >= 15 is 4.39 Å². The number of anilines is 3. The van der Waals surface area contributed by atoms with E-state index in [2.05, 4.69) is 20.9 Å². The molecule has 0 bridgehead atoms. The van der Waals surface area contributed by atoms with Crippen molar-refractivity contribution < 1.29 is 9.18 Å². The molecule has 0 aliphatic carbocycles. The zero-order valence-corrected chi connectivity index (χ0v) is 21.3. The van der Waals surface area contributed by atoms with Gasteiger partial charge in [-0.25, -0.2) is 14.4 Å². The Balaban J connectivity index is 1.61. The maximum Gasteiger partial charge on any atom is 0.253 e. The van der Waals surface area contributed by atoms with Crippen LogP contribution < -0.4 is 21.7 Å². The number of carbonyl (C=O) groups excluding carboxylic acids is 1. The average Bonchev–Trinajstić information content (AvgIpc) is 3.08. The van der Waals surface area contributed by atoms with E-state index in [0.29, 0.717) is 63.5 Å². The first-order chi connectivity index (χ1) is 18.5. The fraction of sp³-hybridized carbons (Fsp3) is 0.143. The number of rotatable bonds is 7. The Hall–Kier alpha value is -4.34. The molecule has 38 heavy (non-hydrogen) atoms. The van der Waals surface area contributed by atoms with Crippen LogP contribution in [-0.4, -0.2) is 41.7 Å². The number of benzene rings is 3. The van der Waals surface area contributed by atoms with Crippen molar-refractivity contribution in [1.82, 2.24) is 15.3 Å². The number of hydrogen-bond acceptors (Lipinski definition) is 7. The number of halogens is 2. The number of para-hydroxylation sites is 1. The van der Waals surface area contributed by atoms with Gasteiger partial charge in [0.05, 0.1) is 34.8 Å². The first-order valence-electron chi connectivity index (χ1n) is 12.0. The Morgan fingerprint density at radius 3 is 2.71 bits per heavy atom.